The fraction of sp³-hybridized carbons (Fsp3) is 0.524. The molecule has 0 unspecified atom stereocenters. The van der Waals surface area contributed by atoms with Crippen LogP contribution in [0.5, 0.6) is 0 Å². The largest absolute Gasteiger partial charge is 0.522 e. The van der Waals surface area contributed by atoms with Crippen LogP contribution in [0.4, 0.5) is 18.9 Å². The van der Waals surface area contributed by atoms with Crippen LogP contribution in [0.25, 0.3) is 0 Å². The van der Waals surface area contributed by atoms with Crippen molar-refractivity contribution in [2.45, 2.75) is 44.6 Å². The Labute approximate surface area is 183 Å². The van der Waals surface area contributed by atoms with E-state index in [1.807, 2.05) is 0 Å². The number of hydrogen-bond donors (Lipinski definition) is 3. The summed E-state index contributed by atoms with van der Waals surface area (Å²) in [6.07, 6.45) is -3.36. The number of ether oxygens (including phenoxy) is 1. The number of piperidine rings is 1. The minimum atomic E-state index is -4.70. The maximum atomic E-state index is 12.9. The first-order chi connectivity index (χ1) is 15.1. The number of rotatable bonds is 10. The minimum absolute atomic E-state index is 0.000774. The molecule has 1 saturated heterocycles. The molecule has 0 aromatic heterocycles. The van der Waals surface area contributed by atoms with E-state index < -0.39 is 30.7 Å². The third-order valence-corrected chi connectivity index (χ3v) is 5.56. The van der Waals surface area contributed by atoms with Gasteiger partial charge in [-0.25, -0.2) is 0 Å². The van der Waals surface area contributed by atoms with Crippen LogP contribution in [0.2, 0.25) is 0 Å². The number of nitrogens with zero attached hydrogens (tertiary/aromatic N) is 1. The maximum absolute atomic E-state index is 12.9. The van der Waals surface area contributed by atoms with Gasteiger partial charge < -0.3 is 15.5 Å². The molecule has 2 amide bonds. The zero-order valence-corrected chi connectivity index (χ0v) is 17.5. The molecule has 8 nitrogen and oxygen atoms in total. The molecule has 1 aromatic carbocycles. The van der Waals surface area contributed by atoms with Crippen molar-refractivity contribution in [3.63, 3.8) is 0 Å². The highest BCUT2D eigenvalue weighted by molar-refractivity contribution is 6.45. The third kappa shape index (κ3) is 5.84. The molecule has 3 rings (SSSR count). The monoisotopic (exact) mass is 454 g/mol. The van der Waals surface area contributed by atoms with Gasteiger partial charge >= 0.3 is 6.36 Å². The molecule has 174 valence electrons. The molecule has 2 fully saturated rings. The molecule has 0 radical (unpaired) electrons. The van der Waals surface area contributed by atoms with E-state index in [4.69, 9.17) is 5.41 Å². The van der Waals surface area contributed by atoms with Gasteiger partial charge in [0.05, 0.1) is 13.2 Å². The predicted molar refractivity (Wildman–Crippen MR) is 109 cm³/mol. The summed E-state index contributed by atoms with van der Waals surface area (Å²) in [5, 5.41) is 13.5. The van der Waals surface area contributed by atoms with Crippen molar-refractivity contribution in [1.82, 2.24) is 10.2 Å². The molecule has 1 aromatic rings. The lowest BCUT2D eigenvalue weighted by molar-refractivity contribution is -0.324. The normalized spacial score (nSPS) is 21.6. The number of carbonyl (C=O) groups is 3. The van der Waals surface area contributed by atoms with Gasteiger partial charge in [-0.05, 0) is 31.2 Å². The number of ketones is 1. The maximum Gasteiger partial charge on any atom is 0.522 e. The van der Waals surface area contributed by atoms with E-state index in [0.717, 1.165) is 6.42 Å². The summed E-state index contributed by atoms with van der Waals surface area (Å²) in [5.41, 5.74) is 0.683. The molecule has 3 N–H and O–H groups in total. The Bertz CT molecular complexity index is 905. The Hall–Kier alpha value is -2.95. The minimum Gasteiger partial charge on any atom is -0.376 e. The second-order valence-electron chi connectivity index (χ2n) is 7.88. The lowest BCUT2D eigenvalue weighted by Gasteiger charge is -2.27. The number of alkyl halides is 3. The number of nitrogens with one attached hydrogen (secondary N) is 3. The number of anilines is 1. The number of Topliss-reactive ketones (excluding diaryl/α,β-unsaturated/α-hetero) is 1. The van der Waals surface area contributed by atoms with E-state index in [-0.39, 0.29) is 43.1 Å². The van der Waals surface area contributed by atoms with Gasteiger partial charge in [0.1, 0.15) is 11.8 Å². The highest BCUT2D eigenvalue weighted by Gasteiger charge is 2.55. The number of para-hydroxylation sites is 1. The fourth-order valence-corrected chi connectivity index (χ4v) is 3.95. The van der Waals surface area contributed by atoms with Crippen molar-refractivity contribution < 1.29 is 32.3 Å². The van der Waals surface area contributed by atoms with Crippen LogP contribution in [-0.4, -0.2) is 66.4 Å². The molecule has 32 heavy (non-hydrogen) atoms. The zero-order valence-electron chi connectivity index (χ0n) is 17.5. The summed E-state index contributed by atoms with van der Waals surface area (Å²) in [6, 6.07) is 6.01. The number of benzene rings is 1. The van der Waals surface area contributed by atoms with Gasteiger partial charge in [0, 0.05) is 30.8 Å². The first kappa shape index (κ1) is 23.7. The molecule has 1 aliphatic carbocycles. The van der Waals surface area contributed by atoms with Crippen LogP contribution in [0, 0.1) is 11.3 Å². The molecular weight excluding hydrogens is 429 g/mol. The molecule has 1 aliphatic heterocycles. The molecule has 3 atom stereocenters. The average molecular weight is 454 g/mol. The molecule has 1 heterocycles. The van der Waals surface area contributed by atoms with Crippen molar-refractivity contribution >= 4 is 29.0 Å². The Morgan fingerprint density at radius 2 is 1.94 bits per heavy atom. The topological polar surface area (TPSA) is 112 Å². The number of fused-ring (bicyclic) bond motifs is 1. The third-order valence-electron chi connectivity index (χ3n) is 5.56. The van der Waals surface area contributed by atoms with E-state index in [0.29, 0.717) is 17.7 Å². The first-order valence-electron chi connectivity index (χ1n) is 10.3. The summed E-state index contributed by atoms with van der Waals surface area (Å²) >= 11 is 0. The quantitative estimate of drug-likeness (QED) is 0.370. The highest BCUT2D eigenvalue weighted by atomic mass is 19.4. The van der Waals surface area contributed by atoms with Gasteiger partial charge in [0.2, 0.25) is 11.8 Å². The van der Waals surface area contributed by atoms with E-state index in [1.165, 1.54) is 11.8 Å². The van der Waals surface area contributed by atoms with Crippen LogP contribution in [0.3, 0.4) is 0 Å². The van der Waals surface area contributed by atoms with Crippen LogP contribution >= 0.6 is 0 Å². The zero-order chi connectivity index (χ0) is 23.5. The smallest absolute Gasteiger partial charge is 0.376 e. The van der Waals surface area contributed by atoms with Gasteiger partial charge in [-0.2, -0.15) is 0 Å². The highest BCUT2D eigenvalue weighted by Crippen LogP contribution is 2.47. The number of likely N-dealkylation sites (tertiary alicyclic amines) is 1. The average Bonchev–Trinajstić information content (AvgIpc) is 3.39. The summed E-state index contributed by atoms with van der Waals surface area (Å²) in [7, 11) is 0. The Morgan fingerprint density at radius 3 is 2.62 bits per heavy atom. The Morgan fingerprint density at radius 1 is 1.22 bits per heavy atom. The Kier molecular flexibility index (Phi) is 7.17. The summed E-state index contributed by atoms with van der Waals surface area (Å²) < 4.78 is 39.6. The van der Waals surface area contributed by atoms with Gasteiger partial charge in [-0.1, -0.05) is 18.2 Å². The lowest BCUT2D eigenvalue weighted by atomic mass is 10.1. The first-order valence-corrected chi connectivity index (χ1v) is 10.3. The summed E-state index contributed by atoms with van der Waals surface area (Å²) in [6.45, 7) is 0.636. The number of amides is 2. The second-order valence-corrected chi connectivity index (χ2v) is 7.88. The van der Waals surface area contributed by atoms with Gasteiger partial charge in [-0.3, -0.25) is 24.5 Å². The van der Waals surface area contributed by atoms with Gasteiger partial charge in [-0.15, -0.1) is 13.2 Å². The van der Waals surface area contributed by atoms with Crippen LogP contribution in [-0.2, 0) is 19.1 Å². The van der Waals surface area contributed by atoms with E-state index in [9.17, 15) is 27.6 Å². The fourth-order valence-electron chi connectivity index (χ4n) is 3.95. The summed E-state index contributed by atoms with van der Waals surface area (Å²) in [4.78, 5) is 38.5. The molecular formula is C21H25F3N4O4. The number of halogens is 3. The van der Waals surface area contributed by atoms with Crippen molar-refractivity contribution in [2.24, 2.45) is 5.92 Å². The van der Waals surface area contributed by atoms with Crippen molar-refractivity contribution in [2.75, 3.05) is 25.0 Å². The molecule has 1 saturated carbocycles. The number of carbonyl (C=O) groups excluding carboxylic acids is 3. The van der Waals surface area contributed by atoms with Crippen LogP contribution in [0.15, 0.2) is 24.3 Å². The van der Waals surface area contributed by atoms with Crippen molar-refractivity contribution in [3.8, 4) is 0 Å². The van der Waals surface area contributed by atoms with Crippen LogP contribution < -0.4 is 10.6 Å². The molecule has 0 spiro atoms. The van der Waals surface area contributed by atoms with E-state index >= 15 is 0 Å². The van der Waals surface area contributed by atoms with Crippen molar-refractivity contribution in [1.29, 1.82) is 5.41 Å². The molecule has 2 aliphatic rings. The number of hydrogen-bond acceptors (Lipinski definition) is 6. The molecule has 11 heteroatoms. The second kappa shape index (κ2) is 9.68. The SMILES string of the molecule is CC(=O)C(=N)c1ccccc1NCC(=O)N1[C@@H]2C[C@@H]2C[C@H]1C(=O)NCCCOC(F)(F)F. The lowest BCUT2D eigenvalue weighted by Crippen LogP contribution is -2.49. The summed E-state index contributed by atoms with van der Waals surface area (Å²) in [5.74, 6) is -0.833. The standard InChI is InChI=1S/C21H25F3N4O4/c1-12(29)19(25)14-5-2-3-6-15(14)27-11-18(30)28-16-9-13(16)10-17(28)20(31)26-7-4-8-32-21(22,23)24/h2-3,5-6,13,16-17,25,27H,4,7-11H2,1H3,(H,26,31)/t13-,16-,17+/m1/s1. The predicted octanol–water partition coefficient (Wildman–Crippen LogP) is 2.09. The Balaban J connectivity index is 1.54. The van der Waals surface area contributed by atoms with Crippen LogP contribution in [0.1, 0.15) is 31.7 Å². The van der Waals surface area contributed by atoms with E-state index in [1.54, 1.807) is 24.3 Å². The van der Waals surface area contributed by atoms with E-state index in [2.05, 4.69) is 15.4 Å². The van der Waals surface area contributed by atoms with Gasteiger partial charge in [0.15, 0.2) is 5.78 Å². The van der Waals surface area contributed by atoms with Gasteiger partial charge in [0.25, 0.3) is 0 Å². The molecule has 0 bridgehead atoms. The van der Waals surface area contributed by atoms with Crippen molar-refractivity contribution in [3.05, 3.63) is 29.8 Å².